The first-order chi connectivity index (χ1) is 11.5. The molecule has 0 bridgehead atoms. The number of nitrogens with two attached hydrogens (primary N) is 1. The van der Waals surface area contributed by atoms with Gasteiger partial charge in [-0.2, -0.15) is 0 Å². The molecule has 0 aromatic rings. The number of amides is 4. The van der Waals surface area contributed by atoms with Crippen LogP contribution < -0.4 is 16.4 Å². The fourth-order valence-corrected chi connectivity index (χ4v) is 3.32. The van der Waals surface area contributed by atoms with Gasteiger partial charge in [-0.3, -0.25) is 9.59 Å². The summed E-state index contributed by atoms with van der Waals surface area (Å²) in [6.45, 7) is 4.96. The predicted octanol–water partition coefficient (Wildman–Crippen LogP) is -0.506. The zero-order valence-electron chi connectivity index (χ0n) is 14.4. The largest absolute Gasteiger partial charge is 0.355 e. The maximum absolute atomic E-state index is 12.4. The summed E-state index contributed by atoms with van der Waals surface area (Å²) in [6, 6.07) is -0.00727. The van der Waals surface area contributed by atoms with Gasteiger partial charge in [-0.25, -0.2) is 4.79 Å². The minimum atomic E-state index is -0.157. The highest BCUT2D eigenvalue weighted by molar-refractivity contribution is 5.81. The van der Waals surface area contributed by atoms with Crippen molar-refractivity contribution in [2.75, 3.05) is 39.3 Å². The van der Waals surface area contributed by atoms with Gasteiger partial charge in [0.05, 0.1) is 5.92 Å². The number of nitrogens with one attached hydrogen (secondary N) is 2. The smallest absolute Gasteiger partial charge is 0.317 e. The molecule has 2 heterocycles. The Hall–Kier alpha value is -1.83. The van der Waals surface area contributed by atoms with E-state index in [9.17, 15) is 14.4 Å². The summed E-state index contributed by atoms with van der Waals surface area (Å²) < 4.78 is 0. The topological polar surface area (TPSA) is 108 Å². The van der Waals surface area contributed by atoms with Crippen molar-refractivity contribution >= 4 is 17.8 Å². The highest BCUT2D eigenvalue weighted by Gasteiger charge is 2.30. The quantitative estimate of drug-likeness (QED) is 0.641. The van der Waals surface area contributed by atoms with Crippen LogP contribution in [0.1, 0.15) is 32.6 Å². The number of carbonyl (C=O) groups excluding carboxylic acids is 3. The van der Waals surface area contributed by atoms with Crippen LogP contribution in [-0.4, -0.2) is 73.0 Å². The number of carbonyl (C=O) groups is 3. The lowest BCUT2D eigenvalue weighted by atomic mass is 9.97. The van der Waals surface area contributed by atoms with Gasteiger partial charge in [0.1, 0.15) is 0 Å². The lowest BCUT2D eigenvalue weighted by Gasteiger charge is -2.35. The second-order valence-corrected chi connectivity index (χ2v) is 6.59. The first-order valence-corrected chi connectivity index (χ1v) is 8.80. The summed E-state index contributed by atoms with van der Waals surface area (Å²) >= 11 is 0. The standard InChI is InChI=1S/C16H29N5O3/c1-12(22)20-9-4-14(5-10-20)19-16(24)21-8-2-3-13(11-21)15(23)18-7-6-17/h13-14H,2-11,17H2,1H3,(H,18,23)(H,19,24). The molecule has 0 saturated carbocycles. The number of piperidine rings is 2. The van der Waals surface area contributed by atoms with Crippen molar-refractivity contribution in [1.29, 1.82) is 0 Å². The Morgan fingerprint density at radius 3 is 2.42 bits per heavy atom. The van der Waals surface area contributed by atoms with Crippen LogP contribution in [0.4, 0.5) is 4.79 Å². The fraction of sp³-hybridized carbons (Fsp3) is 0.812. The molecule has 4 N–H and O–H groups in total. The first kappa shape index (κ1) is 18.5. The van der Waals surface area contributed by atoms with Crippen LogP contribution in [0.3, 0.4) is 0 Å². The van der Waals surface area contributed by atoms with E-state index in [-0.39, 0.29) is 29.8 Å². The van der Waals surface area contributed by atoms with Gasteiger partial charge in [-0.1, -0.05) is 0 Å². The molecular formula is C16H29N5O3. The van der Waals surface area contributed by atoms with Crippen LogP contribution in [0, 0.1) is 5.92 Å². The predicted molar refractivity (Wildman–Crippen MR) is 90.2 cm³/mol. The van der Waals surface area contributed by atoms with E-state index in [4.69, 9.17) is 5.73 Å². The summed E-state index contributed by atoms with van der Waals surface area (Å²) in [5.74, 6) is -0.0922. The second-order valence-electron chi connectivity index (χ2n) is 6.59. The molecule has 2 saturated heterocycles. The third kappa shape index (κ3) is 5.09. The van der Waals surface area contributed by atoms with Crippen LogP contribution in [0.5, 0.6) is 0 Å². The minimum absolute atomic E-state index is 0.0206. The summed E-state index contributed by atoms with van der Waals surface area (Å²) in [5, 5.41) is 5.85. The Kier molecular flexibility index (Phi) is 6.84. The lowest BCUT2D eigenvalue weighted by Crippen LogP contribution is -2.53. The Bertz CT molecular complexity index is 463. The van der Waals surface area contributed by atoms with E-state index in [2.05, 4.69) is 10.6 Å². The Morgan fingerprint density at radius 1 is 1.08 bits per heavy atom. The van der Waals surface area contributed by atoms with E-state index >= 15 is 0 Å². The van der Waals surface area contributed by atoms with E-state index in [0.29, 0.717) is 39.3 Å². The van der Waals surface area contributed by atoms with E-state index in [1.807, 2.05) is 0 Å². The molecule has 0 aliphatic carbocycles. The second kappa shape index (κ2) is 8.86. The Morgan fingerprint density at radius 2 is 1.79 bits per heavy atom. The molecule has 136 valence electrons. The molecule has 1 atom stereocenters. The van der Waals surface area contributed by atoms with E-state index < -0.39 is 0 Å². The van der Waals surface area contributed by atoms with Crippen LogP contribution in [-0.2, 0) is 9.59 Å². The summed E-state index contributed by atoms with van der Waals surface area (Å²) in [7, 11) is 0. The zero-order valence-corrected chi connectivity index (χ0v) is 14.4. The van der Waals surface area contributed by atoms with Gasteiger partial charge < -0.3 is 26.2 Å². The summed E-state index contributed by atoms with van der Waals surface area (Å²) in [4.78, 5) is 39.4. The van der Waals surface area contributed by atoms with Gasteiger partial charge in [0, 0.05) is 52.2 Å². The van der Waals surface area contributed by atoms with Crippen molar-refractivity contribution in [3.63, 3.8) is 0 Å². The highest BCUT2D eigenvalue weighted by Crippen LogP contribution is 2.17. The molecule has 2 rings (SSSR count). The Labute approximate surface area is 143 Å². The fourth-order valence-electron chi connectivity index (χ4n) is 3.32. The summed E-state index contributed by atoms with van der Waals surface area (Å²) in [5.41, 5.74) is 5.40. The number of rotatable bonds is 4. The maximum Gasteiger partial charge on any atom is 0.317 e. The zero-order chi connectivity index (χ0) is 17.5. The maximum atomic E-state index is 12.4. The van der Waals surface area contributed by atoms with Gasteiger partial charge >= 0.3 is 6.03 Å². The number of urea groups is 1. The van der Waals surface area contributed by atoms with Crippen molar-refractivity contribution in [3.05, 3.63) is 0 Å². The van der Waals surface area contributed by atoms with Crippen molar-refractivity contribution in [1.82, 2.24) is 20.4 Å². The molecule has 8 nitrogen and oxygen atoms in total. The highest BCUT2D eigenvalue weighted by atomic mass is 16.2. The molecule has 2 fully saturated rings. The molecule has 8 heteroatoms. The Balaban J connectivity index is 1.78. The molecule has 0 aromatic carbocycles. The van der Waals surface area contributed by atoms with Crippen molar-refractivity contribution < 1.29 is 14.4 Å². The molecule has 1 unspecified atom stereocenters. The number of likely N-dealkylation sites (tertiary alicyclic amines) is 2. The molecule has 2 aliphatic heterocycles. The number of hydrogen-bond acceptors (Lipinski definition) is 4. The molecule has 2 aliphatic rings. The van der Waals surface area contributed by atoms with Crippen LogP contribution >= 0.6 is 0 Å². The van der Waals surface area contributed by atoms with Gasteiger partial charge in [-0.15, -0.1) is 0 Å². The third-order valence-electron chi connectivity index (χ3n) is 4.79. The van der Waals surface area contributed by atoms with Gasteiger partial charge in [0.25, 0.3) is 0 Å². The van der Waals surface area contributed by atoms with Gasteiger partial charge in [0.15, 0.2) is 0 Å². The van der Waals surface area contributed by atoms with Crippen molar-refractivity contribution in [2.24, 2.45) is 11.7 Å². The van der Waals surface area contributed by atoms with Gasteiger partial charge in [-0.05, 0) is 25.7 Å². The SMILES string of the molecule is CC(=O)N1CCC(NC(=O)N2CCCC(C(=O)NCCN)C2)CC1. The summed E-state index contributed by atoms with van der Waals surface area (Å²) in [6.07, 6.45) is 3.19. The number of nitrogens with zero attached hydrogens (tertiary/aromatic N) is 2. The molecular weight excluding hydrogens is 310 g/mol. The number of hydrogen-bond donors (Lipinski definition) is 3. The average Bonchev–Trinajstić information content (AvgIpc) is 2.60. The van der Waals surface area contributed by atoms with Gasteiger partial charge in [0.2, 0.25) is 11.8 Å². The van der Waals surface area contributed by atoms with Crippen molar-refractivity contribution in [3.8, 4) is 0 Å². The lowest BCUT2D eigenvalue weighted by molar-refractivity contribution is -0.130. The van der Waals surface area contributed by atoms with E-state index in [1.54, 1.807) is 16.7 Å². The van der Waals surface area contributed by atoms with E-state index in [1.165, 1.54) is 0 Å². The average molecular weight is 339 g/mol. The van der Waals surface area contributed by atoms with E-state index in [0.717, 1.165) is 25.7 Å². The molecule has 4 amide bonds. The molecule has 24 heavy (non-hydrogen) atoms. The van der Waals surface area contributed by atoms with Crippen LogP contribution in [0.15, 0.2) is 0 Å². The normalized spacial score (nSPS) is 22.2. The monoisotopic (exact) mass is 339 g/mol. The molecule has 0 aromatic heterocycles. The first-order valence-electron chi connectivity index (χ1n) is 8.80. The van der Waals surface area contributed by atoms with Crippen LogP contribution in [0.2, 0.25) is 0 Å². The molecule has 0 radical (unpaired) electrons. The third-order valence-corrected chi connectivity index (χ3v) is 4.79. The molecule has 0 spiro atoms. The van der Waals surface area contributed by atoms with Crippen molar-refractivity contribution in [2.45, 2.75) is 38.6 Å². The van der Waals surface area contributed by atoms with Crippen LogP contribution in [0.25, 0.3) is 0 Å². The minimum Gasteiger partial charge on any atom is -0.355 e.